The van der Waals surface area contributed by atoms with Crippen molar-refractivity contribution in [1.29, 1.82) is 0 Å². The van der Waals surface area contributed by atoms with Crippen LogP contribution in [0.2, 0.25) is 0 Å². The van der Waals surface area contributed by atoms with Crippen LogP contribution in [0.15, 0.2) is 35.5 Å². The molecule has 1 fully saturated rings. The number of aromatic nitrogens is 2. The fourth-order valence-corrected chi connectivity index (χ4v) is 4.62. The van der Waals surface area contributed by atoms with Gasteiger partial charge in [-0.25, -0.2) is 23.7 Å². The number of nitrogens with two attached hydrogens (primary N) is 1. The predicted octanol–water partition coefficient (Wildman–Crippen LogP) is 3.10. The van der Waals surface area contributed by atoms with Crippen LogP contribution in [0, 0.1) is 24.5 Å². The molecule has 0 aliphatic carbocycles. The number of hydrogen-bond acceptors (Lipinski definition) is 6. The van der Waals surface area contributed by atoms with Gasteiger partial charge >= 0.3 is 0 Å². The van der Waals surface area contributed by atoms with Gasteiger partial charge in [-0.05, 0) is 25.5 Å². The van der Waals surface area contributed by atoms with E-state index in [1.54, 1.807) is 6.20 Å². The molecule has 1 unspecified atom stereocenters. The van der Waals surface area contributed by atoms with Gasteiger partial charge in [-0.1, -0.05) is 17.8 Å². The van der Waals surface area contributed by atoms with Crippen LogP contribution in [0.25, 0.3) is 0 Å². The minimum atomic E-state index is -0.951. The molecule has 1 aromatic carbocycles. The average Bonchev–Trinajstić information content (AvgIpc) is 2.61. The van der Waals surface area contributed by atoms with Crippen LogP contribution in [-0.4, -0.2) is 27.5 Å². The lowest BCUT2D eigenvalue weighted by molar-refractivity contribution is -0.0627. The molecule has 0 saturated carbocycles. The molecule has 136 valence electrons. The molecule has 0 radical (unpaired) electrons. The Morgan fingerprint density at radius 2 is 2.15 bits per heavy atom. The fraction of sp³-hybridized carbons (Fsp3) is 0.389. The zero-order chi connectivity index (χ0) is 18.3. The van der Waals surface area contributed by atoms with Crippen molar-refractivity contribution in [3.63, 3.8) is 0 Å². The Kier molecular flexibility index (Phi) is 4.40. The van der Waals surface area contributed by atoms with Gasteiger partial charge in [-0.3, -0.25) is 0 Å². The van der Waals surface area contributed by atoms with Crippen molar-refractivity contribution in [3.05, 3.63) is 59.2 Å². The smallest absolute Gasteiger partial charge is 0.157 e. The number of halogens is 2. The van der Waals surface area contributed by atoms with Gasteiger partial charge in [0.1, 0.15) is 23.3 Å². The summed E-state index contributed by atoms with van der Waals surface area (Å²) in [5.74, 6) is 0.0161. The Bertz CT molecular complexity index is 878. The topological polar surface area (TPSA) is 73.4 Å². The monoisotopic (exact) mass is 376 g/mol. The first-order valence-electron chi connectivity index (χ1n) is 8.33. The van der Waals surface area contributed by atoms with E-state index < -0.39 is 17.2 Å². The zero-order valence-corrected chi connectivity index (χ0v) is 15.0. The van der Waals surface area contributed by atoms with E-state index in [0.29, 0.717) is 28.7 Å². The summed E-state index contributed by atoms with van der Waals surface area (Å²) in [6, 6.07) is 5.39. The van der Waals surface area contributed by atoms with Crippen LogP contribution in [0.4, 0.5) is 8.78 Å². The van der Waals surface area contributed by atoms with E-state index in [4.69, 9.17) is 10.5 Å². The number of amidine groups is 1. The molecule has 1 saturated heterocycles. The number of hydrogen-bond donors (Lipinski definition) is 1. The predicted molar refractivity (Wildman–Crippen MR) is 95.7 cm³/mol. The third kappa shape index (κ3) is 2.97. The SMILES string of the molecule is Cc1ccnc([C@H]2CC3CSC(N)=N[C@@]3(c3ccc(F)cc3F)CO2)n1. The van der Waals surface area contributed by atoms with E-state index in [-0.39, 0.29) is 18.6 Å². The Labute approximate surface area is 154 Å². The van der Waals surface area contributed by atoms with Crippen molar-refractivity contribution in [3.8, 4) is 0 Å². The van der Waals surface area contributed by atoms with E-state index in [2.05, 4.69) is 15.0 Å². The Morgan fingerprint density at radius 3 is 2.92 bits per heavy atom. The summed E-state index contributed by atoms with van der Waals surface area (Å²) in [6.45, 7) is 2.04. The first-order chi connectivity index (χ1) is 12.5. The molecule has 2 N–H and O–H groups in total. The normalized spacial score (nSPS) is 28.3. The van der Waals surface area contributed by atoms with Gasteiger partial charge in [0.15, 0.2) is 11.0 Å². The number of thioether (sulfide) groups is 1. The lowest BCUT2D eigenvalue weighted by atomic mass is 9.75. The van der Waals surface area contributed by atoms with Crippen molar-refractivity contribution in [2.45, 2.75) is 25.0 Å². The Balaban J connectivity index is 1.72. The number of aryl methyl sites for hydroxylation is 1. The van der Waals surface area contributed by atoms with E-state index >= 15 is 0 Å². The van der Waals surface area contributed by atoms with Crippen LogP contribution >= 0.6 is 11.8 Å². The maximum Gasteiger partial charge on any atom is 0.157 e. The molecule has 0 bridgehead atoms. The lowest BCUT2D eigenvalue weighted by Gasteiger charge is -2.46. The number of ether oxygens (including phenoxy) is 1. The second-order valence-electron chi connectivity index (χ2n) is 6.60. The number of benzene rings is 1. The van der Waals surface area contributed by atoms with Gasteiger partial charge in [-0.2, -0.15) is 0 Å². The molecule has 2 aliphatic rings. The van der Waals surface area contributed by atoms with E-state index in [0.717, 1.165) is 11.8 Å². The first kappa shape index (κ1) is 17.4. The summed E-state index contributed by atoms with van der Waals surface area (Å²) in [6.07, 6.45) is 2.00. The number of nitrogens with zero attached hydrogens (tertiary/aromatic N) is 3. The minimum absolute atomic E-state index is 0.0253. The molecule has 1 aromatic heterocycles. The number of fused-ring (bicyclic) bond motifs is 1. The summed E-state index contributed by atoms with van der Waals surface area (Å²) < 4.78 is 34.0. The molecule has 3 atom stereocenters. The number of aliphatic imine (C=N–C) groups is 1. The largest absolute Gasteiger partial charge is 0.379 e. The van der Waals surface area contributed by atoms with Gasteiger partial charge in [0.05, 0.1) is 6.61 Å². The highest BCUT2D eigenvalue weighted by Gasteiger charge is 2.50. The highest BCUT2D eigenvalue weighted by molar-refractivity contribution is 8.13. The lowest BCUT2D eigenvalue weighted by Crippen LogP contribution is -2.48. The Morgan fingerprint density at radius 1 is 1.31 bits per heavy atom. The van der Waals surface area contributed by atoms with Crippen LogP contribution in [0.3, 0.4) is 0 Å². The van der Waals surface area contributed by atoms with Crippen LogP contribution in [0.5, 0.6) is 0 Å². The van der Waals surface area contributed by atoms with Crippen molar-refractivity contribution >= 4 is 16.9 Å². The molecule has 2 aliphatic heterocycles. The molecule has 0 amide bonds. The molecule has 3 heterocycles. The second-order valence-corrected chi connectivity index (χ2v) is 7.64. The number of rotatable bonds is 2. The molecule has 8 heteroatoms. The highest BCUT2D eigenvalue weighted by atomic mass is 32.2. The van der Waals surface area contributed by atoms with Gasteiger partial charge < -0.3 is 10.5 Å². The van der Waals surface area contributed by atoms with Gasteiger partial charge in [-0.15, -0.1) is 0 Å². The minimum Gasteiger partial charge on any atom is -0.379 e. The third-order valence-corrected chi connectivity index (χ3v) is 5.88. The molecule has 0 spiro atoms. The molecule has 26 heavy (non-hydrogen) atoms. The molecular weight excluding hydrogens is 358 g/mol. The molecular formula is C18H18F2N4OS. The van der Waals surface area contributed by atoms with Crippen LogP contribution in [0.1, 0.15) is 29.6 Å². The molecule has 2 aromatic rings. The summed E-state index contributed by atoms with van der Waals surface area (Å²) in [5.41, 5.74) is 6.17. The van der Waals surface area contributed by atoms with Gasteiger partial charge in [0.25, 0.3) is 0 Å². The quantitative estimate of drug-likeness (QED) is 0.872. The summed E-state index contributed by atoms with van der Waals surface area (Å²) in [5, 5.41) is 0.388. The van der Waals surface area contributed by atoms with Crippen molar-refractivity contribution < 1.29 is 13.5 Å². The van der Waals surface area contributed by atoms with Gasteiger partial charge in [0.2, 0.25) is 0 Å². The zero-order valence-electron chi connectivity index (χ0n) is 14.2. The molecule has 4 rings (SSSR count). The van der Waals surface area contributed by atoms with E-state index in [1.807, 2.05) is 13.0 Å². The highest BCUT2D eigenvalue weighted by Crippen LogP contribution is 2.49. The van der Waals surface area contributed by atoms with Crippen LogP contribution in [-0.2, 0) is 10.3 Å². The Hall–Kier alpha value is -2.06. The third-order valence-electron chi connectivity index (χ3n) is 4.92. The van der Waals surface area contributed by atoms with E-state index in [1.165, 1.54) is 23.9 Å². The summed E-state index contributed by atoms with van der Waals surface area (Å²) in [4.78, 5) is 13.3. The maximum absolute atomic E-state index is 14.6. The van der Waals surface area contributed by atoms with Crippen molar-refractivity contribution in [2.75, 3.05) is 12.4 Å². The fourth-order valence-electron chi connectivity index (χ4n) is 3.61. The van der Waals surface area contributed by atoms with Crippen LogP contribution < -0.4 is 5.73 Å². The van der Waals surface area contributed by atoms with Crippen molar-refractivity contribution in [2.24, 2.45) is 16.6 Å². The molecule has 5 nitrogen and oxygen atoms in total. The maximum atomic E-state index is 14.6. The standard InChI is InChI=1S/C18H18F2N4OS/c1-10-4-5-22-16(23-10)15-6-11-8-26-17(21)24-18(11,9-25-15)13-3-2-12(19)7-14(13)20/h2-5,7,11,15H,6,8-9H2,1H3,(H2,21,24)/t11?,15-,18+/m1/s1. The van der Waals surface area contributed by atoms with Crippen molar-refractivity contribution in [1.82, 2.24) is 9.97 Å². The summed E-state index contributed by atoms with van der Waals surface area (Å²) in [7, 11) is 0. The van der Waals surface area contributed by atoms with Gasteiger partial charge in [0, 0.05) is 35.2 Å². The second kappa shape index (κ2) is 6.59. The first-order valence-corrected chi connectivity index (χ1v) is 9.31. The summed E-state index contributed by atoms with van der Waals surface area (Å²) >= 11 is 1.44. The average molecular weight is 376 g/mol. The van der Waals surface area contributed by atoms with E-state index in [9.17, 15) is 8.78 Å².